The van der Waals surface area contributed by atoms with Crippen LogP contribution in [0.15, 0.2) is 18.2 Å². The molecule has 10 heteroatoms. The quantitative estimate of drug-likeness (QED) is 0.405. The zero-order valence-corrected chi connectivity index (χ0v) is 12.9. The summed E-state index contributed by atoms with van der Waals surface area (Å²) in [4.78, 5) is 0. The zero-order chi connectivity index (χ0) is 17.6. The standard InChI is InChI=1S/C12H8F9I/c1-2-6-3-7(5-8(22)4-6)9(13,11(16,17)18)10(14,15)12(19,20)21/h3-5H,2H2,1H3. The van der Waals surface area contributed by atoms with Crippen molar-refractivity contribution in [3.05, 3.63) is 32.9 Å². The van der Waals surface area contributed by atoms with Crippen molar-refractivity contribution in [1.82, 2.24) is 0 Å². The molecule has 0 nitrogen and oxygen atoms in total. The Morgan fingerprint density at radius 2 is 1.32 bits per heavy atom. The Morgan fingerprint density at radius 3 is 1.68 bits per heavy atom. The maximum absolute atomic E-state index is 14.2. The van der Waals surface area contributed by atoms with E-state index in [4.69, 9.17) is 0 Å². The molecule has 1 atom stereocenters. The highest BCUT2D eigenvalue weighted by Crippen LogP contribution is 2.58. The topological polar surface area (TPSA) is 0 Å². The SMILES string of the molecule is CCc1cc(I)cc(C(F)(C(F)(F)F)C(F)(F)C(F)(F)F)c1. The number of hydrogen-bond acceptors (Lipinski definition) is 0. The van der Waals surface area contributed by atoms with E-state index in [1.54, 1.807) is 0 Å². The lowest BCUT2D eigenvalue weighted by Gasteiger charge is -2.36. The lowest BCUT2D eigenvalue weighted by molar-refractivity contribution is -0.389. The summed E-state index contributed by atoms with van der Waals surface area (Å²) in [5, 5.41) is 0. The van der Waals surface area contributed by atoms with E-state index in [0.29, 0.717) is 12.1 Å². The summed E-state index contributed by atoms with van der Waals surface area (Å²) in [5.41, 5.74) is -7.64. The molecule has 0 saturated heterocycles. The van der Waals surface area contributed by atoms with Crippen LogP contribution in [0, 0.1) is 3.57 Å². The maximum atomic E-state index is 14.2. The van der Waals surface area contributed by atoms with Crippen LogP contribution in [0.2, 0.25) is 0 Å². The van der Waals surface area contributed by atoms with Gasteiger partial charge in [-0.2, -0.15) is 35.1 Å². The van der Waals surface area contributed by atoms with Gasteiger partial charge in [-0.3, -0.25) is 0 Å². The second kappa shape index (κ2) is 5.75. The second-order valence-corrected chi connectivity index (χ2v) is 5.68. The highest BCUT2D eigenvalue weighted by Gasteiger charge is 2.81. The van der Waals surface area contributed by atoms with Crippen molar-refractivity contribution in [2.45, 2.75) is 37.3 Å². The fraction of sp³-hybridized carbons (Fsp3) is 0.500. The van der Waals surface area contributed by atoms with E-state index >= 15 is 0 Å². The van der Waals surface area contributed by atoms with Gasteiger partial charge in [-0.05, 0) is 46.7 Å². The van der Waals surface area contributed by atoms with Crippen molar-refractivity contribution >= 4 is 22.6 Å². The van der Waals surface area contributed by atoms with Gasteiger partial charge in [0.2, 0.25) is 0 Å². The first-order valence-electron chi connectivity index (χ1n) is 5.68. The largest absolute Gasteiger partial charge is 0.457 e. The van der Waals surface area contributed by atoms with Crippen LogP contribution in [0.5, 0.6) is 0 Å². The van der Waals surface area contributed by atoms with E-state index in [2.05, 4.69) is 0 Å². The Balaban J connectivity index is 3.73. The smallest absolute Gasteiger partial charge is 0.221 e. The van der Waals surface area contributed by atoms with Crippen molar-refractivity contribution < 1.29 is 39.5 Å². The van der Waals surface area contributed by atoms with Gasteiger partial charge in [0.15, 0.2) is 0 Å². The first-order chi connectivity index (χ1) is 9.68. The molecule has 0 aliphatic carbocycles. The molecule has 0 aliphatic rings. The van der Waals surface area contributed by atoms with Gasteiger partial charge in [-0.1, -0.05) is 13.0 Å². The summed E-state index contributed by atoms with van der Waals surface area (Å²) >= 11 is 1.41. The number of hydrogen-bond donors (Lipinski definition) is 0. The summed E-state index contributed by atoms with van der Waals surface area (Å²) in [7, 11) is 0. The normalized spacial score (nSPS) is 16.5. The molecule has 0 fully saturated rings. The molecule has 0 aromatic heterocycles. The van der Waals surface area contributed by atoms with Crippen LogP contribution in [0.25, 0.3) is 0 Å². The van der Waals surface area contributed by atoms with E-state index in [1.165, 1.54) is 35.6 Å². The summed E-state index contributed by atoms with van der Waals surface area (Å²) < 4.78 is 116. The minimum Gasteiger partial charge on any atom is -0.221 e. The molecule has 1 unspecified atom stereocenters. The van der Waals surface area contributed by atoms with Crippen LogP contribution < -0.4 is 0 Å². The Hall–Kier alpha value is -0.680. The monoisotopic (exact) mass is 450 g/mol. The van der Waals surface area contributed by atoms with Gasteiger partial charge in [0.05, 0.1) is 0 Å². The van der Waals surface area contributed by atoms with E-state index in [0.717, 1.165) is 0 Å². The summed E-state index contributed by atoms with van der Waals surface area (Å²) in [6.07, 6.45) is -13.1. The minimum atomic E-state index is -6.70. The van der Waals surface area contributed by atoms with Gasteiger partial charge in [0.1, 0.15) is 0 Å². The van der Waals surface area contributed by atoms with Crippen LogP contribution in [-0.2, 0) is 12.1 Å². The molecule has 1 aromatic rings. The Bertz CT molecular complexity index is 547. The molecule has 0 aliphatic heterocycles. The lowest BCUT2D eigenvalue weighted by atomic mass is 9.86. The van der Waals surface area contributed by atoms with Crippen molar-refractivity contribution in [2.24, 2.45) is 0 Å². The summed E-state index contributed by atoms with van der Waals surface area (Å²) in [5.74, 6) is -6.63. The predicted octanol–water partition coefficient (Wildman–Crippen LogP) is 5.78. The Kier molecular flexibility index (Phi) is 5.06. The summed E-state index contributed by atoms with van der Waals surface area (Å²) in [6.45, 7) is 1.44. The molecule has 1 aromatic carbocycles. The Morgan fingerprint density at radius 1 is 0.818 bits per heavy atom. The molecule has 1 rings (SSSR count). The third kappa shape index (κ3) is 3.02. The van der Waals surface area contributed by atoms with Crippen LogP contribution in [0.1, 0.15) is 18.1 Å². The van der Waals surface area contributed by atoms with Crippen LogP contribution in [0.3, 0.4) is 0 Å². The molecule has 0 radical (unpaired) electrons. The zero-order valence-electron chi connectivity index (χ0n) is 10.7. The Labute approximate surface area is 132 Å². The molecular formula is C12H8F9I. The van der Waals surface area contributed by atoms with Gasteiger partial charge in [-0.15, -0.1) is 0 Å². The maximum Gasteiger partial charge on any atom is 0.457 e. The highest BCUT2D eigenvalue weighted by molar-refractivity contribution is 14.1. The second-order valence-electron chi connectivity index (χ2n) is 4.43. The number of aryl methyl sites for hydroxylation is 1. The van der Waals surface area contributed by atoms with Gasteiger partial charge in [0.25, 0.3) is 0 Å². The fourth-order valence-corrected chi connectivity index (χ4v) is 2.51. The van der Waals surface area contributed by atoms with Crippen LogP contribution >= 0.6 is 22.6 Å². The molecule has 0 spiro atoms. The highest BCUT2D eigenvalue weighted by atomic mass is 127. The number of halogens is 10. The van der Waals surface area contributed by atoms with Crippen molar-refractivity contribution in [3.63, 3.8) is 0 Å². The average Bonchev–Trinajstić information content (AvgIpc) is 2.33. The van der Waals surface area contributed by atoms with Gasteiger partial charge in [-0.25, -0.2) is 4.39 Å². The molecule has 0 saturated carbocycles. The van der Waals surface area contributed by atoms with E-state index in [9.17, 15) is 39.5 Å². The van der Waals surface area contributed by atoms with Gasteiger partial charge < -0.3 is 0 Å². The van der Waals surface area contributed by atoms with Gasteiger partial charge in [0, 0.05) is 9.13 Å². The molecule has 0 amide bonds. The molecule has 0 heterocycles. The summed E-state index contributed by atoms with van der Waals surface area (Å²) in [6, 6.07) is 1.95. The molecular weight excluding hydrogens is 442 g/mol. The van der Waals surface area contributed by atoms with Gasteiger partial charge >= 0.3 is 23.9 Å². The van der Waals surface area contributed by atoms with Crippen molar-refractivity contribution in [1.29, 1.82) is 0 Å². The predicted molar refractivity (Wildman–Crippen MR) is 68.4 cm³/mol. The number of benzene rings is 1. The van der Waals surface area contributed by atoms with Crippen LogP contribution in [-0.4, -0.2) is 18.3 Å². The molecule has 126 valence electrons. The lowest BCUT2D eigenvalue weighted by Crippen LogP contribution is -2.59. The number of alkyl halides is 9. The van der Waals surface area contributed by atoms with Crippen molar-refractivity contribution in [2.75, 3.05) is 0 Å². The van der Waals surface area contributed by atoms with Crippen LogP contribution in [0.4, 0.5) is 39.5 Å². The van der Waals surface area contributed by atoms with E-state index in [1.807, 2.05) is 0 Å². The first-order valence-corrected chi connectivity index (χ1v) is 6.76. The molecule has 0 bridgehead atoms. The van der Waals surface area contributed by atoms with E-state index < -0.39 is 29.5 Å². The third-order valence-corrected chi connectivity index (χ3v) is 3.57. The number of rotatable bonds is 3. The first kappa shape index (κ1) is 19.4. The molecule has 22 heavy (non-hydrogen) atoms. The average molecular weight is 450 g/mol. The minimum absolute atomic E-state index is 0.00569. The fourth-order valence-electron chi connectivity index (χ4n) is 1.77. The third-order valence-electron chi connectivity index (χ3n) is 2.94. The molecule has 0 N–H and O–H groups in total. The van der Waals surface area contributed by atoms with E-state index in [-0.39, 0.29) is 15.6 Å². The van der Waals surface area contributed by atoms with Crippen molar-refractivity contribution in [3.8, 4) is 0 Å².